The van der Waals surface area contributed by atoms with Gasteiger partial charge in [0.05, 0.1) is 60.5 Å². The van der Waals surface area contributed by atoms with Crippen molar-refractivity contribution in [3.8, 4) is 45.3 Å². The summed E-state index contributed by atoms with van der Waals surface area (Å²) < 4.78 is 54.1. The Morgan fingerprint density at radius 3 is 2.71 bits per heavy atom. The molecule has 1 amide bonds. The Bertz CT molecular complexity index is 2430. The second-order valence-corrected chi connectivity index (χ2v) is 14.0. The fourth-order valence-electron chi connectivity index (χ4n) is 7.21. The Hall–Kier alpha value is -5.40. The number of aromatic nitrogens is 5. The summed E-state index contributed by atoms with van der Waals surface area (Å²) in [5.74, 6) is -1.07. The molecule has 0 unspecified atom stereocenters. The van der Waals surface area contributed by atoms with Crippen molar-refractivity contribution in [2.24, 2.45) is 0 Å². The Morgan fingerprint density at radius 1 is 1.00 bits per heavy atom. The number of pyridine rings is 1. The highest BCUT2D eigenvalue weighted by atomic mass is 32.1. The van der Waals surface area contributed by atoms with Crippen molar-refractivity contribution in [2.45, 2.75) is 38.4 Å². The van der Waals surface area contributed by atoms with E-state index in [4.69, 9.17) is 29.4 Å². The smallest absolute Gasteiger partial charge is 0.246 e. The number of carbonyl (C=O) groups excluding carboxylic acids is 1. The lowest BCUT2D eigenvalue weighted by Crippen LogP contribution is -2.40. The van der Waals surface area contributed by atoms with Crippen LogP contribution in [0.2, 0.25) is 0 Å². The van der Waals surface area contributed by atoms with Gasteiger partial charge in [-0.3, -0.25) is 14.2 Å². The molecule has 3 aliphatic rings. The summed E-state index contributed by atoms with van der Waals surface area (Å²) in [5, 5.41) is 13.4. The Labute approximate surface area is 301 Å². The van der Waals surface area contributed by atoms with Gasteiger partial charge in [-0.2, -0.15) is 10.2 Å². The molecule has 9 rings (SSSR count). The molecule has 0 spiro atoms. The van der Waals surface area contributed by atoms with Crippen LogP contribution in [0.15, 0.2) is 72.8 Å². The third-order valence-electron chi connectivity index (χ3n) is 9.88. The van der Waals surface area contributed by atoms with E-state index in [0.29, 0.717) is 54.1 Å². The van der Waals surface area contributed by atoms with Crippen LogP contribution >= 0.6 is 11.3 Å². The van der Waals surface area contributed by atoms with Gasteiger partial charge in [0.2, 0.25) is 5.91 Å². The van der Waals surface area contributed by atoms with Crippen LogP contribution in [0, 0.1) is 11.6 Å². The molecule has 2 aliphatic heterocycles. The van der Waals surface area contributed by atoms with Crippen molar-refractivity contribution in [1.29, 1.82) is 0 Å². The molecule has 2 aromatic carbocycles. The van der Waals surface area contributed by atoms with Crippen LogP contribution in [0.1, 0.15) is 37.5 Å². The first kappa shape index (κ1) is 32.5. The summed E-state index contributed by atoms with van der Waals surface area (Å²) in [6.07, 6.45) is 9.10. The van der Waals surface area contributed by atoms with Crippen LogP contribution in [-0.2, 0) is 16.1 Å². The fourth-order valence-corrected chi connectivity index (χ4v) is 8.16. The van der Waals surface area contributed by atoms with E-state index in [1.54, 1.807) is 4.90 Å². The van der Waals surface area contributed by atoms with Gasteiger partial charge in [-0.25, -0.2) is 13.8 Å². The molecule has 1 atom stereocenters. The zero-order valence-electron chi connectivity index (χ0n) is 28.3. The standard InChI is InChI=1S/C39H34F2N6O4S/c1-3-34(48)45-9-10-46-30(22(45)2)19-29(44-46)38-36-35-28(41)17-24(40)18-33(35)51-14-13-49-11-4-5-12-50-32-20-31-23(21-42-47(31)25-6-7-25)16-27(32)37(43-38)26-8-15-52-39(26)36/h3-5,8,15-22,25H,1,6-7,9-14H2,2H3/b5-4+/t22-/m0/s1. The first-order chi connectivity index (χ1) is 25.4. The zero-order valence-corrected chi connectivity index (χ0v) is 29.2. The average Bonchev–Trinajstić information content (AvgIpc) is 3.49. The number of halogens is 2. The Balaban J connectivity index is 1.33. The van der Waals surface area contributed by atoms with E-state index in [1.807, 2.05) is 59.6 Å². The minimum absolute atomic E-state index is 0.0319. The predicted molar refractivity (Wildman–Crippen MR) is 194 cm³/mol. The molecule has 1 fully saturated rings. The van der Waals surface area contributed by atoms with Gasteiger partial charge in [0.25, 0.3) is 0 Å². The highest BCUT2D eigenvalue weighted by molar-refractivity contribution is 7.18. The summed E-state index contributed by atoms with van der Waals surface area (Å²) in [5.41, 5.74) is 4.50. The second kappa shape index (κ2) is 13.0. The summed E-state index contributed by atoms with van der Waals surface area (Å²) >= 11 is 1.43. The van der Waals surface area contributed by atoms with Crippen molar-refractivity contribution >= 4 is 38.2 Å². The quantitative estimate of drug-likeness (QED) is 0.136. The lowest BCUT2D eigenvalue weighted by atomic mass is 9.95. The number of carbonyl (C=O) groups is 1. The molecule has 264 valence electrons. The van der Waals surface area contributed by atoms with Crippen molar-refractivity contribution in [3.63, 3.8) is 0 Å². The van der Waals surface area contributed by atoms with E-state index >= 15 is 4.39 Å². The normalized spacial score (nSPS) is 18.3. The van der Waals surface area contributed by atoms with E-state index in [1.165, 1.54) is 23.5 Å². The Morgan fingerprint density at radius 2 is 1.87 bits per heavy atom. The van der Waals surface area contributed by atoms with Crippen LogP contribution < -0.4 is 9.47 Å². The molecule has 6 heterocycles. The van der Waals surface area contributed by atoms with Crippen LogP contribution in [-0.4, -0.2) is 68.3 Å². The molecule has 0 radical (unpaired) electrons. The van der Waals surface area contributed by atoms with E-state index < -0.39 is 11.6 Å². The first-order valence-electron chi connectivity index (χ1n) is 17.3. The number of fused-ring (bicyclic) bond motifs is 6. The number of ether oxygens (including phenoxy) is 3. The highest BCUT2D eigenvalue weighted by Crippen LogP contribution is 2.49. The summed E-state index contributed by atoms with van der Waals surface area (Å²) in [6, 6.07) is 10.0. The molecule has 2 bridgehead atoms. The average molecular weight is 721 g/mol. The molecule has 10 nitrogen and oxygen atoms in total. The molecule has 0 N–H and O–H groups in total. The van der Waals surface area contributed by atoms with Gasteiger partial charge in [-0.1, -0.05) is 12.7 Å². The van der Waals surface area contributed by atoms with Crippen molar-refractivity contribution < 1.29 is 27.8 Å². The number of amides is 1. The third-order valence-corrected chi connectivity index (χ3v) is 10.8. The number of thiophene rings is 1. The van der Waals surface area contributed by atoms with Gasteiger partial charge in [-0.15, -0.1) is 11.3 Å². The van der Waals surface area contributed by atoms with Gasteiger partial charge >= 0.3 is 0 Å². The van der Waals surface area contributed by atoms with Gasteiger partial charge in [0.1, 0.15) is 47.7 Å². The van der Waals surface area contributed by atoms with Gasteiger partial charge < -0.3 is 19.1 Å². The topological polar surface area (TPSA) is 96.5 Å². The number of nitrogens with zero attached hydrogens (tertiary/aromatic N) is 6. The zero-order chi connectivity index (χ0) is 35.5. The van der Waals surface area contributed by atoms with E-state index in [-0.39, 0.29) is 43.1 Å². The van der Waals surface area contributed by atoms with Gasteiger partial charge in [0, 0.05) is 51.3 Å². The monoisotopic (exact) mass is 720 g/mol. The summed E-state index contributed by atoms with van der Waals surface area (Å²) in [7, 11) is 0. The van der Waals surface area contributed by atoms with Crippen molar-refractivity contribution in [1.82, 2.24) is 29.4 Å². The predicted octanol–water partition coefficient (Wildman–Crippen LogP) is 7.89. The lowest BCUT2D eigenvalue weighted by molar-refractivity contribution is -0.129. The Kier molecular flexibility index (Phi) is 8.11. The van der Waals surface area contributed by atoms with E-state index in [2.05, 4.69) is 11.3 Å². The molecular formula is C39H34F2N6O4S. The highest BCUT2D eigenvalue weighted by Gasteiger charge is 2.32. The number of hydrogen-bond donors (Lipinski definition) is 0. The van der Waals surface area contributed by atoms with Gasteiger partial charge in [0.15, 0.2) is 0 Å². The molecule has 1 saturated carbocycles. The summed E-state index contributed by atoms with van der Waals surface area (Å²) in [4.78, 5) is 19.8. The van der Waals surface area contributed by atoms with E-state index in [0.717, 1.165) is 51.2 Å². The molecular weight excluding hydrogens is 687 g/mol. The largest absolute Gasteiger partial charge is 0.490 e. The third kappa shape index (κ3) is 5.55. The molecule has 6 aromatic rings. The van der Waals surface area contributed by atoms with Gasteiger partial charge in [-0.05, 0) is 55.5 Å². The first-order valence-corrected chi connectivity index (χ1v) is 18.2. The molecule has 52 heavy (non-hydrogen) atoms. The van der Waals surface area contributed by atoms with E-state index in [9.17, 15) is 9.18 Å². The maximum absolute atomic E-state index is 16.3. The second-order valence-electron chi connectivity index (χ2n) is 13.1. The molecule has 1 aliphatic carbocycles. The maximum atomic E-state index is 16.3. The lowest BCUT2D eigenvalue weighted by Gasteiger charge is -2.33. The molecule has 4 aromatic heterocycles. The molecule has 0 saturated heterocycles. The van der Waals surface area contributed by atoms with Crippen LogP contribution in [0.3, 0.4) is 0 Å². The number of hydrogen-bond acceptors (Lipinski definition) is 8. The molecule has 13 heteroatoms. The van der Waals surface area contributed by atoms with Crippen molar-refractivity contribution in [3.05, 3.63) is 90.1 Å². The minimum Gasteiger partial charge on any atom is -0.490 e. The van der Waals surface area contributed by atoms with Crippen LogP contribution in [0.5, 0.6) is 11.5 Å². The van der Waals surface area contributed by atoms with Crippen LogP contribution in [0.25, 0.3) is 54.8 Å². The minimum atomic E-state index is -0.791. The van der Waals surface area contributed by atoms with Crippen LogP contribution in [0.4, 0.5) is 8.78 Å². The van der Waals surface area contributed by atoms with Crippen molar-refractivity contribution in [2.75, 3.05) is 33.0 Å². The number of rotatable bonds is 3. The SMILES string of the molecule is C=CC(=O)N1CCn2nc(-c3nc4c5ccsc5c3-c3c(F)cc(F)cc3OCCOC/C=C/COc3cc5c(cnn5C5CC5)cc3-4)cc2[C@@H]1C. The maximum Gasteiger partial charge on any atom is 0.246 e. The summed E-state index contributed by atoms with van der Waals surface area (Å²) in [6.45, 7) is 7.38. The fraction of sp³-hybridized carbons (Fsp3) is 0.282. The number of benzene rings is 2.